The van der Waals surface area contributed by atoms with E-state index in [2.05, 4.69) is 133 Å². The number of rotatable bonds is 2. The van der Waals surface area contributed by atoms with Crippen LogP contribution in [0.15, 0.2) is 150 Å². The number of benzene rings is 8. The molecule has 0 aliphatic carbocycles. The Morgan fingerprint density at radius 3 is 1.71 bits per heavy atom. The third-order valence-corrected chi connectivity index (χ3v) is 8.63. The van der Waals surface area contributed by atoms with E-state index in [0.717, 1.165) is 21.9 Å². The van der Waals surface area contributed by atoms with E-state index in [1.54, 1.807) is 0 Å². The van der Waals surface area contributed by atoms with E-state index in [1.807, 2.05) is 12.1 Å². The Bertz CT molecular complexity index is 2470. The van der Waals surface area contributed by atoms with Gasteiger partial charge in [-0.3, -0.25) is 0 Å². The van der Waals surface area contributed by atoms with Gasteiger partial charge in [0.2, 0.25) is 0 Å². The van der Waals surface area contributed by atoms with Gasteiger partial charge in [-0.15, -0.1) is 0 Å². The largest absolute Gasteiger partial charge is 0.456 e. The summed E-state index contributed by atoms with van der Waals surface area (Å²) in [5.41, 5.74) is 6.81. The Kier molecular flexibility index (Phi) is 4.67. The maximum atomic E-state index is 6.15. The second-order valence-corrected chi connectivity index (χ2v) is 10.9. The van der Waals surface area contributed by atoms with Crippen LogP contribution in [-0.4, -0.2) is 0 Å². The lowest BCUT2D eigenvalue weighted by Crippen LogP contribution is -1.89. The minimum atomic E-state index is 0.921. The predicted octanol–water partition coefficient (Wildman–Crippen LogP) is 11.5. The fourth-order valence-corrected chi connectivity index (χ4v) is 6.80. The summed E-state index contributed by atoms with van der Waals surface area (Å²) in [7, 11) is 0. The lowest BCUT2D eigenvalue weighted by Gasteiger charge is -2.17. The fraction of sp³-hybridized carbons (Fsp3) is 0. The lowest BCUT2D eigenvalue weighted by atomic mass is 9.86. The minimum Gasteiger partial charge on any atom is -0.456 e. The molecule has 0 N–H and O–H groups in total. The summed E-state index contributed by atoms with van der Waals surface area (Å²) in [5.74, 6) is 0. The van der Waals surface area contributed by atoms with Crippen LogP contribution < -0.4 is 0 Å². The van der Waals surface area contributed by atoms with E-state index in [1.165, 1.54) is 65.3 Å². The molecule has 0 amide bonds. The summed E-state index contributed by atoms with van der Waals surface area (Å²) in [6.07, 6.45) is 0. The minimum absolute atomic E-state index is 0.921. The average Bonchev–Trinajstić information content (AvgIpc) is 3.41. The molecule has 9 aromatic rings. The Morgan fingerprint density at radius 1 is 0.317 bits per heavy atom. The molecule has 0 saturated heterocycles. The molecule has 0 bridgehead atoms. The average molecular weight is 521 g/mol. The van der Waals surface area contributed by atoms with Crippen LogP contribution in [0.3, 0.4) is 0 Å². The number of para-hydroxylation sites is 1. The normalized spacial score (nSPS) is 11.9. The van der Waals surface area contributed by atoms with Crippen LogP contribution in [0.1, 0.15) is 0 Å². The molecule has 1 heteroatoms. The summed E-state index contributed by atoms with van der Waals surface area (Å²) in [5, 5.41) is 12.5. The molecule has 0 aliphatic heterocycles. The highest BCUT2D eigenvalue weighted by Crippen LogP contribution is 2.44. The molecule has 0 unspecified atom stereocenters. The first kappa shape index (κ1) is 22.4. The van der Waals surface area contributed by atoms with E-state index in [4.69, 9.17) is 4.42 Å². The van der Waals surface area contributed by atoms with Crippen LogP contribution in [0.25, 0.3) is 87.3 Å². The quantitative estimate of drug-likeness (QED) is 0.207. The van der Waals surface area contributed by atoms with E-state index >= 15 is 0 Å². The van der Waals surface area contributed by atoms with Crippen molar-refractivity contribution in [3.63, 3.8) is 0 Å². The molecular weight excluding hydrogens is 496 g/mol. The molecule has 0 atom stereocenters. The summed E-state index contributed by atoms with van der Waals surface area (Å²) >= 11 is 0. The predicted molar refractivity (Wildman–Crippen MR) is 175 cm³/mol. The van der Waals surface area contributed by atoms with Gasteiger partial charge in [0.05, 0.1) is 0 Å². The van der Waals surface area contributed by atoms with Gasteiger partial charge in [-0.2, -0.15) is 0 Å². The van der Waals surface area contributed by atoms with E-state index in [9.17, 15) is 0 Å². The summed E-state index contributed by atoms with van der Waals surface area (Å²) < 4.78 is 6.15. The maximum Gasteiger partial charge on any atom is 0.135 e. The van der Waals surface area contributed by atoms with Crippen LogP contribution >= 0.6 is 0 Å². The zero-order valence-electron chi connectivity index (χ0n) is 22.3. The second-order valence-electron chi connectivity index (χ2n) is 10.9. The molecule has 0 spiro atoms. The van der Waals surface area contributed by atoms with Gasteiger partial charge in [0.15, 0.2) is 0 Å². The van der Waals surface area contributed by atoms with Crippen molar-refractivity contribution < 1.29 is 4.42 Å². The topological polar surface area (TPSA) is 13.1 Å². The zero-order valence-corrected chi connectivity index (χ0v) is 22.3. The Morgan fingerprint density at radius 2 is 0.902 bits per heavy atom. The molecule has 9 rings (SSSR count). The van der Waals surface area contributed by atoms with Crippen LogP contribution in [-0.2, 0) is 0 Å². The maximum absolute atomic E-state index is 6.15. The summed E-state index contributed by atoms with van der Waals surface area (Å²) in [4.78, 5) is 0. The van der Waals surface area contributed by atoms with Gasteiger partial charge < -0.3 is 4.42 Å². The van der Waals surface area contributed by atoms with Crippen molar-refractivity contribution in [3.8, 4) is 22.3 Å². The third-order valence-electron chi connectivity index (χ3n) is 8.63. The highest BCUT2D eigenvalue weighted by Gasteiger charge is 2.16. The van der Waals surface area contributed by atoms with E-state index in [0.29, 0.717) is 0 Å². The first-order chi connectivity index (χ1) is 20.3. The highest BCUT2D eigenvalue weighted by molar-refractivity contribution is 6.26. The molecule has 8 aromatic carbocycles. The van der Waals surface area contributed by atoms with Gasteiger partial charge in [0.1, 0.15) is 11.2 Å². The third kappa shape index (κ3) is 3.30. The van der Waals surface area contributed by atoms with Gasteiger partial charge >= 0.3 is 0 Å². The van der Waals surface area contributed by atoms with Gasteiger partial charge in [-0.25, -0.2) is 0 Å². The van der Waals surface area contributed by atoms with Gasteiger partial charge in [0, 0.05) is 10.8 Å². The van der Waals surface area contributed by atoms with E-state index in [-0.39, 0.29) is 0 Å². The summed E-state index contributed by atoms with van der Waals surface area (Å²) in [6, 6.07) is 52.7. The van der Waals surface area contributed by atoms with Crippen LogP contribution in [0.2, 0.25) is 0 Å². The van der Waals surface area contributed by atoms with Crippen molar-refractivity contribution >= 4 is 65.0 Å². The first-order valence-electron chi connectivity index (χ1n) is 14.1. The second kappa shape index (κ2) is 8.55. The number of furan rings is 1. The van der Waals surface area contributed by atoms with Crippen LogP contribution in [0.5, 0.6) is 0 Å². The first-order valence-corrected chi connectivity index (χ1v) is 14.1. The standard InChI is InChI=1S/C40H24O/c1-2-12-28-25(10-1)11-9-18-29(28)36-24-27-23-35(26-20-21-39-37(22-26)32-15-7-8-19-38(32)41-39)30-13-3-5-16-33(30)40(27)34-17-6-4-14-31(34)36/h1-24H. The fourth-order valence-electron chi connectivity index (χ4n) is 6.80. The number of fused-ring (bicyclic) bond motifs is 9. The van der Waals surface area contributed by atoms with Gasteiger partial charge in [-0.05, 0) is 95.7 Å². The molecular formula is C40H24O. The van der Waals surface area contributed by atoms with Gasteiger partial charge in [0.25, 0.3) is 0 Å². The zero-order chi connectivity index (χ0) is 26.9. The molecule has 0 saturated carbocycles. The Hall–Kier alpha value is -5.40. The molecule has 0 radical (unpaired) electrons. The molecule has 0 fully saturated rings. The Balaban J connectivity index is 1.40. The smallest absolute Gasteiger partial charge is 0.135 e. The summed E-state index contributed by atoms with van der Waals surface area (Å²) in [6.45, 7) is 0. The molecule has 1 nitrogen and oxygen atoms in total. The van der Waals surface area contributed by atoms with Crippen molar-refractivity contribution in [2.24, 2.45) is 0 Å². The highest BCUT2D eigenvalue weighted by atomic mass is 16.3. The van der Waals surface area contributed by atoms with Gasteiger partial charge in [-0.1, -0.05) is 115 Å². The van der Waals surface area contributed by atoms with Crippen molar-refractivity contribution in [2.75, 3.05) is 0 Å². The molecule has 41 heavy (non-hydrogen) atoms. The number of hydrogen-bond acceptors (Lipinski definition) is 1. The van der Waals surface area contributed by atoms with Crippen molar-refractivity contribution in [1.29, 1.82) is 0 Å². The van der Waals surface area contributed by atoms with Crippen molar-refractivity contribution in [3.05, 3.63) is 146 Å². The van der Waals surface area contributed by atoms with Crippen molar-refractivity contribution in [1.82, 2.24) is 0 Å². The number of hydrogen-bond donors (Lipinski definition) is 0. The van der Waals surface area contributed by atoms with Crippen LogP contribution in [0, 0.1) is 0 Å². The monoisotopic (exact) mass is 520 g/mol. The van der Waals surface area contributed by atoms with E-state index < -0.39 is 0 Å². The SMILES string of the molecule is c1ccc2c(-c3cc4cc(-c5ccc6oc7ccccc7c6c5)c5ccccc5c4c4ccccc34)cccc2c1. The molecule has 1 aromatic heterocycles. The van der Waals surface area contributed by atoms with Crippen molar-refractivity contribution in [2.45, 2.75) is 0 Å². The lowest BCUT2D eigenvalue weighted by molar-refractivity contribution is 0.669. The Labute approximate surface area is 236 Å². The molecule has 0 aliphatic rings. The molecule has 1 heterocycles. The van der Waals surface area contributed by atoms with Crippen LogP contribution in [0.4, 0.5) is 0 Å². The molecule has 190 valence electrons.